The summed E-state index contributed by atoms with van der Waals surface area (Å²) in [6.45, 7) is 6.33. The van der Waals surface area contributed by atoms with Gasteiger partial charge in [-0.1, -0.05) is 0 Å². The number of nitrogens with zero attached hydrogens (tertiary/aromatic N) is 1. The Hall–Kier alpha value is -0.640. The summed E-state index contributed by atoms with van der Waals surface area (Å²) in [5.74, 6) is -0.346. The minimum Gasteiger partial charge on any atom is -0.340 e. The maximum absolute atomic E-state index is 13.6. The molecule has 2 rings (SSSR count). The highest BCUT2D eigenvalue weighted by Gasteiger charge is 2.39. The first-order valence-corrected chi connectivity index (χ1v) is 6.62. The molecule has 0 unspecified atom stereocenters. The highest BCUT2D eigenvalue weighted by atomic mass is 19.1. The molecule has 0 aromatic carbocycles. The van der Waals surface area contributed by atoms with Crippen LogP contribution in [0.4, 0.5) is 4.39 Å². The van der Waals surface area contributed by atoms with Gasteiger partial charge in [0.25, 0.3) is 5.91 Å². The number of carbonyl (C=O) groups excluding carboxylic acids is 1. The van der Waals surface area contributed by atoms with Crippen molar-refractivity contribution in [3.63, 3.8) is 0 Å². The first kappa shape index (κ1) is 12.8. The van der Waals surface area contributed by atoms with Crippen LogP contribution in [0.1, 0.15) is 39.5 Å². The molecule has 0 atom stereocenters. The van der Waals surface area contributed by atoms with Crippen molar-refractivity contribution in [2.45, 2.75) is 45.2 Å². The number of carbonyl (C=O) groups is 1. The average Bonchev–Trinajstić information content (AvgIpc) is 2.29. The van der Waals surface area contributed by atoms with Crippen molar-refractivity contribution in [2.75, 3.05) is 26.2 Å². The quantitative estimate of drug-likeness (QED) is 0.759. The Kier molecular flexibility index (Phi) is 3.43. The van der Waals surface area contributed by atoms with Gasteiger partial charge in [-0.25, -0.2) is 4.39 Å². The van der Waals surface area contributed by atoms with Crippen molar-refractivity contribution in [1.29, 1.82) is 0 Å². The summed E-state index contributed by atoms with van der Waals surface area (Å²) < 4.78 is 13.6. The standard InChI is InChI=1S/C13H23FN2O/c1-12(2,14)11(17)16-9-5-13(6-10-16)3-7-15-8-4-13/h15H,3-10H2,1-2H3. The van der Waals surface area contributed by atoms with Crippen LogP contribution < -0.4 is 5.32 Å². The largest absolute Gasteiger partial charge is 0.340 e. The van der Waals surface area contributed by atoms with Crippen LogP contribution in [0.15, 0.2) is 0 Å². The minimum atomic E-state index is -1.72. The minimum absolute atomic E-state index is 0.346. The molecular weight excluding hydrogens is 219 g/mol. The number of halogens is 1. The van der Waals surface area contributed by atoms with Gasteiger partial charge >= 0.3 is 0 Å². The zero-order valence-electron chi connectivity index (χ0n) is 10.9. The van der Waals surface area contributed by atoms with Gasteiger partial charge in [-0.3, -0.25) is 4.79 Å². The van der Waals surface area contributed by atoms with E-state index in [4.69, 9.17) is 0 Å². The van der Waals surface area contributed by atoms with E-state index in [1.807, 2.05) is 0 Å². The Balaban J connectivity index is 1.91. The number of hydrogen-bond donors (Lipinski definition) is 1. The van der Waals surface area contributed by atoms with E-state index in [-0.39, 0.29) is 5.91 Å². The van der Waals surface area contributed by atoms with E-state index in [0.717, 1.165) is 39.0 Å². The maximum Gasteiger partial charge on any atom is 0.259 e. The molecule has 0 radical (unpaired) electrons. The van der Waals surface area contributed by atoms with E-state index in [1.165, 1.54) is 26.7 Å². The summed E-state index contributed by atoms with van der Waals surface area (Å²) in [7, 11) is 0. The lowest BCUT2D eigenvalue weighted by atomic mass is 9.71. The fourth-order valence-corrected chi connectivity index (χ4v) is 3.02. The third-order valence-corrected chi connectivity index (χ3v) is 4.28. The van der Waals surface area contributed by atoms with Gasteiger partial charge in [0, 0.05) is 13.1 Å². The molecule has 4 heteroatoms. The number of likely N-dealkylation sites (tertiary alicyclic amines) is 1. The normalized spacial score (nSPS) is 25.0. The highest BCUT2D eigenvalue weighted by Crippen LogP contribution is 2.39. The van der Waals surface area contributed by atoms with Crippen LogP contribution in [0.5, 0.6) is 0 Å². The fourth-order valence-electron chi connectivity index (χ4n) is 3.02. The van der Waals surface area contributed by atoms with E-state index < -0.39 is 5.67 Å². The van der Waals surface area contributed by atoms with Crippen LogP contribution in [0, 0.1) is 5.41 Å². The van der Waals surface area contributed by atoms with Gasteiger partial charge in [0.2, 0.25) is 0 Å². The summed E-state index contributed by atoms with van der Waals surface area (Å²) in [6, 6.07) is 0. The predicted octanol–water partition coefficient (Wildman–Crippen LogP) is 1.73. The van der Waals surface area contributed by atoms with Crippen molar-refractivity contribution < 1.29 is 9.18 Å². The van der Waals surface area contributed by atoms with Crippen LogP contribution in [0.2, 0.25) is 0 Å². The molecule has 0 bridgehead atoms. The second-order valence-electron chi connectivity index (χ2n) is 6.01. The Bertz CT molecular complexity index is 282. The molecule has 2 aliphatic heterocycles. The van der Waals surface area contributed by atoms with Crippen LogP contribution in [-0.4, -0.2) is 42.7 Å². The predicted molar refractivity (Wildman–Crippen MR) is 65.5 cm³/mol. The average molecular weight is 242 g/mol. The van der Waals surface area contributed by atoms with Crippen LogP contribution in [-0.2, 0) is 4.79 Å². The first-order valence-electron chi connectivity index (χ1n) is 6.62. The number of nitrogens with one attached hydrogen (secondary N) is 1. The monoisotopic (exact) mass is 242 g/mol. The summed E-state index contributed by atoms with van der Waals surface area (Å²) in [5, 5.41) is 3.37. The summed E-state index contributed by atoms with van der Waals surface area (Å²) in [6.07, 6.45) is 4.48. The van der Waals surface area contributed by atoms with Crippen molar-refractivity contribution in [2.24, 2.45) is 5.41 Å². The number of piperidine rings is 2. The van der Waals surface area contributed by atoms with Gasteiger partial charge in [0.05, 0.1) is 0 Å². The van der Waals surface area contributed by atoms with E-state index in [9.17, 15) is 9.18 Å². The van der Waals surface area contributed by atoms with Crippen molar-refractivity contribution >= 4 is 5.91 Å². The van der Waals surface area contributed by atoms with Gasteiger partial charge in [-0.2, -0.15) is 0 Å². The Morgan fingerprint density at radius 2 is 1.71 bits per heavy atom. The smallest absolute Gasteiger partial charge is 0.259 e. The van der Waals surface area contributed by atoms with Crippen molar-refractivity contribution in [3.8, 4) is 0 Å². The lowest BCUT2D eigenvalue weighted by Crippen LogP contribution is -2.51. The summed E-state index contributed by atoms with van der Waals surface area (Å²) in [5.41, 5.74) is -1.30. The van der Waals surface area contributed by atoms with Gasteiger partial charge in [0.1, 0.15) is 0 Å². The molecule has 17 heavy (non-hydrogen) atoms. The maximum atomic E-state index is 13.6. The van der Waals surface area contributed by atoms with Crippen LogP contribution in [0.3, 0.4) is 0 Å². The molecule has 2 saturated heterocycles. The molecule has 1 amide bonds. The number of rotatable bonds is 1. The van der Waals surface area contributed by atoms with Gasteiger partial charge in [0.15, 0.2) is 5.67 Å². The second-order valence-corrected chi connectivity index (χ2v) is 6.01. The first-order chi connectivity index (χ1) is 7.93. The van der Waals surface area contributed by atoms with Gasteiger partial charge in [-0.15, -0.1) is 0 Å². The summed E-state index contributed by atoms with van der Waals surface area (Å²) in [4.78, 5) is 13.5. The molecule has 2 heterocycles. The molecule has 2 fully saturated rings. The van der Waals surface area contributed by atoms with Gasteiger partial charge in [-0.05, 0) is 58.0 Å². The molecule has 98 valence electrons. The molecule has 0 saturated carbocycles. The molecule has 0 aliphatic carbocycles. The van der Waals surface area contributed by atoms with E-state index in [1.54, 1.807) is 4.90 Å². The Labute approximate surface area is 103 Å². The molecule has 0 aromatic heterocycles. The second kappa shape index (κ2) is 4.56. The molecule has 1 N–H and O–H groups in total. The Morgan fingerprint density at radius 3 is 2.18 bits per heavy atom. The Morgan fingerprint density at radius 1 is 1.18 bits per heavy atom. The van der Waals surface area contributed by atoms with E-state index >= 15 is 0 Å². The highest BCUT2D eigenvalue weighted by molar-refractivity contribution is 5.84. The number of amides is 1. The third-order valence-electron chi connectivity index (χ3n) is 4.28. The summed E-state index contributed by atoms with van der Waals surface area (Å²) >= 11 is 0. The topological polar surface area (TPSA) is 32.3 Å². The lowest BCUT2D eigenvalue weighted by molar-refractivity contribution is -0.144. The van der Waals surface area contributed by atoms with E-state index in [0.29, 0.717) is 5.41 Å². The lowest BCUT2D eigenvalue weighted by Gasteiger charge is -2.45. The molecule has 1 spiro atoms. The molecule has 2 aliphatic rings. The number of alkyl halides is 1. The SMILES string of the molecule is CC(C)(F)C(=O)N1CCC2(CCNCC2)CC1. The molecular formula is C13H23FN2O. The van der Waals surface area contributed by atoms with Crippen LogP contribution in [0.25, 0.3) is 0 Å². The molecule has 3 nitrogen and oxygen atoms in total. The fraction of sp³-hybridized carbons (Fsp3) is 0.923. The van der Waals surface area contributed by atoms with Crippen molar-refractivity contribution in [1.82, 2.24) is 10.2 Å². The zero-order valence-corrected chi connectivity index (χ0v) is 10.9. The van der Waals surface area contributed by atoms with Gasteiger partial charge < -0.3 is 10.2 Å². The third kappa shape index (κ3) is 2.79. The zero-order chi connectivity index (χ0) is 12.5. The molecule has 0 aromatic rings. The van der Waals surface area contributed by atoms with Crippen molar-refractivity contribution in [3.05, 3.63) is 0 Å². The van der Waals surface area contributed by atoms with E-state index in [2.05, 4.69) is 5.32 Å². The van der Waals surface area contributed by atoms with Crippen LogP contribution >= 0.6 is 0 Å². The number of hydrogen-bond acceptors (Lipinski definition) is 2.